The van der Waals surface area contributed by atoms with Crippen molar-refractivity contribution in [3.63, 3.8) is 0 Å². The number of halogens is 1. The van der Waals surface area contributed by atoms with Gasteiger partial charge in [-0.05, 0) is 31.7 Å². The zero-order valence-corrected chi connectivity index (χ0v) is 15.5. The molecule has 0 spiro atoms. The fourth-order valence-corrected chi connectivity index (χ4v) is 5.12. The summed E-state index contributed by atoms with van der Waals surface area (Å²) in [4.78, 5) is 10.4. The summed E-state index contributed by atoms with van der Waals surface area (Å²) in [5.74, 6) is 0.120. The summed E-state index contributed by atoms with van der Waals surface area (Å²) >= 11 is 0. The highest BCUT2D eigenvalue weighted by atomic mass is 35.5. The Morgan fingerprint density at radius 3 is 2.62 bits per heavy atom. The van der Waals surface area contributed by atoms with Crippen molar-refractivity contribution in [1.29, 1.82) is 0 Å². The number of nitrogens with two attached hydrogens (primary N) is 1. The van der Waals surface area contributed by atoms with E-state index in [1.165, 1.54) is 25.1 Å². The third-order valence-electron chi connectivity index (χ3n) is 4.90. The van der Waals surface area contributed by atoms with Gasteiger partial charge in [0, 0.05) is 23.7 Å². The van der Waals surface area contributed by atoms with Crippen LogP contribution in [0.15, 0.2) is 23.1 Å². The lowest BCUT2D eigenvalue weighted by Gasteiger charge is -2.42. The molecule has 0 aliphatic heterocycles. The molecular formula is C15H24ClN3O4S. The molecule has 2 unspecified atom stereocenters. The fraction of sp³-hybridized carbons (Fsp3) is 0.600. The van der Waals surface area contributed by atoms with Crippen LogP contribution in [0.1, 0.15) is 38.2 Å². The van der Waals surface area contributed by atoms with Crippen LogP contribution in [-0.2, 0) is 10.0 Å². The highest BCUT2D eigenvalue weighted by molar-refractivity contribution is 7.89. The maximum Gasteiger partial charge on any atom is 0.273 e. The molecule has 1 fully saturated rings. The first kappa shape index (κ1) is 20.8. The maximum atomic E-state index is 12.8. The normalized spacial score (nSPS) is 24.2. The van der Waals surface area contributed by atoms with Gasteiger partial charge in [0.15, 0.2) is 0 Å². The van der Waals surface area contributed by atoms with Gasteiger partial charge in [-0.15, -0.1) is 12.4 Å². The van der Waals surface area contributed by atoms with Crippen LogP contribution in [0, 0.1) is 23.0 Å². The molecule has 0 heterocycles. The number of nitrogens with zero attached hydrogens (tertiary/aromatic N) is 1. The largest absolute Gasteiger partial charge is 0.329 e. The minimum Gasteiger partial charge on any atom is -0.329 e. The minimum absolute atomic E-state index is 0. The summed E-state index contributed by atoms with van der Waals surface area (Å²) in [6.07, 6.45) is 3.56. The Morgan fingerprint density at radius 1 is 1.42 bits per heavy atom. The Morgan fingerprint density at radius 2 is 2.08 bits per heavy atom. The Hall–Kier alpha value is -1.22. The molecule has 24 heavy (non-hydrogen) atoms. The van der Waals surface area contributed by atoms with Gasteiger partial charge in [0.05, 0.1) is 9.82 Å². The number of hydrogen-bond acceptors (Lipinski definition) is 5. The van der Waals surface area contributed by atoms with Crippen LogP contribution >= 0.6 is 12.4 Å². The topological polar surface area (TPSA) is 115 Å². The third kappa shape index (κ3) is 3.88. The SMILES string of the molecule is Cc1c([N+](=O)[O-])cccc1S(=O)(=O)NC1(CN)CCCCC1C.Cl. The van der Waals surface area contributed by atoms with Crippen LogP contribution in [-0.4, -0.2) is 25.4 Å². The Bertz CT molecular complexity index is 711. The predicted molar refractivity (Wildman–Crippen MR) is 94.8 cm³/mol. The highest BCUT2D eigenvalue weighted by Crippen LogP contribution is 2.35. The van der Waals surface area contributed by atoms with Crippen molar-refractivity contribution >= 4 is 28.1 Å². The number of rotatable bonds is 5. The Balaban J connectivity index is 0.00000288. The van der Waals surface area contributed by atoms with E-state index in [0.717, 1.165) is 19.3 Å². The van der Waals surface area contributed by atoms with Gasteiger partial charge in [-0.3, -0.25) is 10.1 Å². The number of nitro groups is 1. The third-order valence-corrected chi connectivity index (χ3v) is 6.59. The van der Waals surface area contributed by atoms with Gasteiger partial charge >= 0.3 is 0 Å². The second-order valence-corrected chi connectivity index (χ2v) is 7.92. The number of sulfonamides is 1. The van der Waals surface area contributed by atoms with Crippen LogP contribution in [0.4, 0.5) is 5.69 Å². The lowest BCUT2D eigenvalue weighted by molar-refractivity contribution is -0.385. The maximum absolute atomic E-state index is 12.8. The van der Waals surface area contributed by atoms with Crippen LogP contribution in [0.5, 0.6) is 0 Å². The van der Waals surface area contributed by atoms with Gasteiger partial charge in [0.25, 0.3) is 5.69 Å². The smallest absolute Gasteiger partial charge is 0.273 e. The monoisotopic (exact) mass is 377 g/mol. The van der Waals surface area contributed by atoms with Gasteiger partial charge in [-0.25, -0.2) is 13.1 Å². The molecule has 7 nitrogen and oxygen atoms in total. The van der Waals surface area contributed by atoms with Crippen molar-refractivity contribution in [1.82, 2.24) is 4.72 Å². The van der Waals surface area contributed by atoms with Crippen LogP contribution in [0.3, 0.4) is 0 Å². The van der Waals surface area contributed by atoms with Crippen molar-refractivity contribution in [2.24, 2.45) is 11.7 Å². The number of benzene rings is 1. The van der Waals surface area contributed by atoms with Crippen molar-refractivity contribution in [2.45, 2.75) is 50.0 Å². The lowest BCUT2D eigenvalue weighted by atomic mass is 9.74. The summed E-state index contributed by atoms with van der Waals surface area (Å²) in [6.45, 7) is 3.66. The summed E-state index contributed by atoms with van der Waals surface area (Å²) in [5, 5.41) is 11.0. The van der Waals surface area contributed by atoms with E-state index >= 15 is 0 Å². The van der Waals surface area contributed by atoms with Crippen molar-refractivity contribution < 1.29 is 13.3 Å². The van der Waals surface area contributed by atoms with Crippen LogP contribution in [0.2, 0.25) is 0 Å². The van der Waals surface area contributed by atoms with E-state index in [0.29, 0.717) is 6.42 Å². The molecule has 0 bridgehead atoms. The standard InChI is InChI=1S/C15H23N3O4S.ClH/c1-11-6-3-4-9-15(11,10-16)17-23(21,22)14-8-5-7-13(12(14)2)18(19)20;/h5,7-8,11,17H,3-4,6,9-10,16H2,1-2H3;1H. The van der Waals surface area contributed by atoms with E-state index in [1.54, 1.807) is 0 Å². The van der Waals surface area contributed by atoms with Crippen molar-refractivity contribution in [3.05, 3.63) is 33.9 Å². The zero-order chi connectivity index (χ0) is 17.3. The van der Waals surface area contributed by atoms with E-state index in [1.807, 2.05) is 6.92 Å². The second kappa shape index (κ2) is 7.77. The molecular weight excluding hydrogens is 354 g/mol. The average molecular weight is 378 g/mol. The first-order chi connectivity index (χ1) is 10.7. The van der Waals surface area contributed by atoms with E-state index in [-0.39, 0.29) is 41.0 Å². The zero-order valence-electron chi connectivity index (χ0n) is 13.8. The van der Waals surface area contributed by atoms with E-state index in [4.69, 9.17) is 5.73 Å². The summed E-state index contributed by atoms with van der Waals surface area (Å²) in [5.41, 5.74) is 5.15. The molecule has 1 aliphatic rings. The fourth-order valence-electron chi connectivity index (χ4n) is 3.32. The molecule has 1 aromatic carbocycles. The van der Waals surface area contributed by atoms with E-state index < -0.39 is 20.5 Å². The Labute approximate surface area is 148 Å². The van der Waals surface area contributed by atoms with Gasteiger partial charge in [-0.1, -0.05) is 25.8 Å². The molecule has 0 saturated heterocycles. The number of nitrogens with one attached hydrogen (secondary N) is 1. The van der Waals surface area contributed by atoms with E-state index in [2.05, 4.69) is 4.72 Å². The molecule has 3 N–H and O–H groups in total. The van der Waals surface area contributed by atoms with E-state index in [9.17, 15) is 18.5 Å². The lowest BCUT2D eigenvalue weighted by Crippen LogP contribution is -2.59. The molecule has 0 radical (unpaired) electrons. The molecule has 136 valence electrons. The Kier molecular flexibility index (Phi) is 6.75. The van der Waals surface area contributed by atoms with Crippen molar-refractivity contribution in [2.75, 3.05) is 6.54 Å². The first-order valence-electron chi connectivity index (χ1n) is 7.71. The minimum atomic E-state index is -3.88. The van der Waals surface area contributed by atoms with Gasteiger partial charge in [0.1, 0.15) is 0 Å². The quantitative estimate of drug-likeness (QED) is 0.604. The van der Waals surface area contributed by atoms with Gasteiger partial charge in [0.2, 0.25) is 10.0 Å². The molecule has 0 aromatic heterocycles. The molecule has 1 aromatic rings. The highest BCUT2D eigenvalue weighted by Gasteiger charge is 2.41. The first-order valence-corrected chi connectivity index (χ1v) is 9.20. The summed E-state index contributed by atoms with van der Waals surface area (Å²) in [7, 11) is -3.88. The average Bonchev–Trinajstić information content (AvgIpc) is 2.49. The molecule has 1 aliphatic carbocycles. The number of hydrogen-bond donors (Lipinski definition) is 2. The van der Waals surface area contributed by atoms with Crippen LogP contribution < -0.4 is 10.5 Å². The molecule has 9 heteroatoms. The van der Waals surface area contributed by atoms with Crippen molar-refractivity contribution in [3.8, 4) is 0 Å². The second-order valence-electron chi connectivity index (χ2n) is 6.27. The summed E-state index contributed by atoms with van der Waals surface area (Å²) < 4.78 is 28.4. The van der Waals surface area contributed by atoms with Crippen LogP contribution in [0.25, 0.3) is 0 Å². The molecule has 2 rings (SSSR count). The van der Waals surface area contributed by atoms with Gasteiger partial charge < -0.3 is 5.73 Å². The predicted octanol–water partition coefficient (Wildman–Crippen LogP) is 2.51. The molecule has 0 amide bonds. The molecule has 1 saturated carbocycles. The summed E-state index contributed by atoms with van der Waals surface area (Å²) in [6, 6.07) is 4.08. The van der Waals surface area contributed by atoms with Gasteiger partial charge in [-0.2, -0.15) is 0 Å². The number of nitro benzene ring substituents is 1. The molecule has 2 atom stereocenters.